The molecule has 1 aliphatic heterocycles. The molecule has 0 spiro atoms. The zero-order valence-corrected chi connectivity index (χ0v) is 18.0. The summed E-state index contributed by atoms with van der Waals surface area (Å²) in [6, 6.07) is 10.4. The number of carbonyl (C=O) groups excluding carboxylic acids is 1. The van der Waals surface area contributed by atoms with E-state index in [1.165, 1.54) is 22.6 Å². The number of fused-ring (bicyclic) bond motifs is 1. The molecule has 0 unspecified atom stereocenters. The standard InChI is InChI=1S/C21H23N3O3S2/c1-14-11-19(20(25)13-23-9-7-21-16(12-23)8-10-28-21)15(2)24(14)17-3-5-18(6-4-17)29(22,26)27/h3-6,8,10-11H,7,9,12-13H2,1-2H3,(H2,22,26,27). The Morgan fingerprint density at radius 3 is 2.59 bits per heavy atom. The average molecular weight is 430 g/mol. The van der Waals surface area contributed by atoms with E-state index in [0.29, 0.717) is 12.1 Å². The fraction of sp³-hybridized carbons (Fsp3) is 0.286. The quantitative estimate of drug-likeness (QED) is 0.632. The minimum Gasteiger partial charge on any atom is -0.318 e. The van der Waals surface area contributed by atoms with Crippen LogP contribution in [0.1, 0.15) is 32.2 Å². The molecule has 8 heteroatoms. The van der Waals surface area contributed by atoms with Gasteiger partial charge in [0.15, 0.2) is 5.78 Å². The van der Waals surface area contributed by atoms with Crippen LogP contribution in [0.3, 0.4) is 0 Å². The van der Waals surface area contributed by atoms with Gasteiger partial charge in [0.2, 0.25) is 10.0 Å². The zero-order chi connectivity index (χ0) is 20.8. The smallest absolute Gasteiger partial charge is 0.238 e. The van der Waals surface area contributed by atoms with Crippen molar-refractivity contribution in [1.82, 2.24) is 9.47 Å². The van der Waals surface area contributed by atoms with Gasteiger partial charge in [0.1, 0.15) is 0 Å². The van der Waals surface area contributed by atoms with E-state index < -0.39 is 10.0 Å². The third-order valence-electron chi connectivity index (χ3n) is 5.41. The summed E-state index contributed by atoms with van der Waals surface area (Å²) >= 11 is 1.79. The lowest BCUT2D eigenvalue weighted by Gasteiger charge is -2.26. The summed E-state index contributed by atoms with van der Waals surface area (Å²) in [7, 11) is -3.73. The number of sulfonamides is 1. The monoisotopic (exact) mass is 429 g/mol. The van der Waals surface area contributed by atoms with Crippen LogP contribution in [-0.2, 0) is 23.0 Å². The SMILES string of the molecule is Cc1cc(C(=O)CN2CCc3sccc3C2)c(C)n1-c1ccc(S(N)(=O)=O)cc1. The van der Waals surface area contributed by atoms with Crippen LogP contribution in [0.25, 0.3) is 5.69 Å². The van der Waals surface area contributed by atoms with Crippen molar-refractivity contribution in [2.24, 2.45) is 5.14 Å². The number of ketones is 1. The molecule has 152 valence electrons. The Morgan fingerprint density at radius 2 is 1.90 bits per heavy atom. The molecule has 4 rings (SSSR count). The predicted octanol–water partition coefficient (Wildman–Crippen LogP) is 3.04. The fourth-order valence-corrected chi connectivity index (χ4v) is 5.36. The first-order chi connectivity index (χ1) is 13.7. The Labute approximate surface area is 174 Å². The molecule has 0 saturated carbocycles. The van der Waals surface area contributed by atoms with E-state index in [2.05, 4.69) is 16.3 Å². The first-order valence-electron chi connectivity index (χ1n) is 9.37. The molecule has 0 amide bonds. The van der Waals surface area contributed by atoms with Crippen molar-refractivity contribution in [3.05, 3.63) is 69.2 Å². The Hall–Kier alpha value is -2.26. The van der Waals surface area contributed by atoms with Gasteiger partial charge >= 0.3 is 0 Å². The summed E-state index contributed by atoms with van der Waals surface area (Å²) in [4.78, 5) is 16.7. The Morgan fingerprint density at radius 1 is 1.17 bits per heavy atom. The zero-order valence-electron chi connectivity index (χ0n) is 16.4. The number of thiophene rings is 1. The fourth-order valence-electron chi connectivity index (χ4n) is 3.96. The summed E-state index contributed by atoms with van der Waals surface area (Å²) in [6.07, 6.45) is 0.996. The van der Waals surface area contributed by atoms with Gasteiger partial charge in [-0.2, -0.15) is 0 Å². The molecule has 0 atom stereocenters. The lowest BCUT2D eigenvalue weighted by Crippen LogP contribution is -2.34. The van der Waals surface area contributed by atoms with E-state index in [1.54, 1.807) is 23.5 Å². The van der Waals surface area contributed by atoms with Gasteiger partial charge in [-0.25, -0.2) is 13.6 Å². The molecule has 0 bridgehead atoms. The minimum atomic E-state index is -3.73. The van der Waals surface area contributed by atoms with Crippen LogP contribution >= 0.6 is 11.3 Å². The normalized spacial score (nSPS) is 14.7. The van der Waals surface area contributed by atoms with E-state index in [-0.39, 0.29) is 10.7 Å². The maximum absolute atomic E-state index is 13.0. The highest BCUT2D eigenvalue weighted by Gasteiger charge is 2.23. The molecule has 0 saturated heterocycles. The maximum Gasteiger partial charge on any atom is 0.238 e. The number of primary sulfonamides is 1. The van der Waals surface area contributed by atoms with Crippen molar-refractivity contribution in [2.75, 3.05) is 13.1 Å². The van der Waals surface area contributed by atoms with E-state index >= 15 is 0 Å². The largest absolute Gasteiger partial charge is 0.318 e. The molecule has 6 nitrogen and oxygen atoms in total. The van der Waals surface area contributed by atoms with Gasteiger partial charge in [0.05, 0.1) is 11.4 Å². The van der Waals surface area contributed by atoms with Gasteiger partial charge in [-0.05, 0) is 67.6 Å². The second kappa shape index (κ2) is 7.53. The van der Waals surface area contributed by atoms with Gasteiger partial charge in [-0.1, -0.05) is 0 Å². The number of rotatable bonds is 5. The number of nitrogens with zero attached hydrogens (tertiary/aromatic N) is 2. The highest BCUT2D eigenvalue weighted by atomic mass is 32.2. The third kappa shape index (κ3) is 3.93. The first kappa shape index (κ1) is 20.0. The van der Waals surface area contributed by atoms with Crippen LogP contribution in [0, 0.1) is 13.8 Å². The van der Waals surface area contributed by atoms with Gasteiger partial charge in [0, 0.05) is 40.6 Å². The van der Waals surface area contributed by atoms with Crippen molar-refractivity contribution >= 4 is 27.1 Å². The molecular weight excluding hydrogens is 406 g/mol. The summed E-state index contributed by atoms with van der Waals surface area (Å²) in [6.45, 7) is 5.96. The highest BCUT2D eigenvalue weighted by molar-refractivity contribution is 7.89. The summed E-state index contributed by atoms with van der Waals surface area (Å²) in [5.74, 6) is 0.101. The van der Waals surface area contributed by atoms with Gasteiger partial charge in [0.25, 0.3) is 0 Å². The van der Waals surface area contributed by atoms with E-state index in [9.17, 15) is 13.2 Å². The molecule has 0 aliphatic carbocycles. The van der Waals surface area contributed by atoms with Crippen molar-refractivity contribution in [3.8, 4) is 5.69 Å². The number of nitrogens with two attached hydrogens (primary N) is 1. The predicted molar refractivity (Wildman–Crippen MR) is 114 cm³/mol. The number of hydrogen-bond donors (Lipinski definition) is 1. The number of carbonyl (C=O) groups is 1. The Balaban J connectivity index is 1.56. The second-order valence-corrected chi connectivity index (χ2v) is 9.97. The lowest BCUT2D eigenvalue weighted by molar-refractivity contribution is 0.0921. The van der Waals surface area contributed by atoms with Crippen LogP contribution in [-0.4, -0.2) is 36.8 Å². The molecular formula is C21H23N3O3S2. The third-order valence-corrected chi connectivity index (χ3v) is 7.36. The van der Waals surface area contributed by atoms with Crippen molar-refractivity contribution < 1.29 is 13.2 Å². The number of aromatic nitrogens is 1. The van der Waals surface area contributed by atoms with Crippen LogP contribution in [0.5, 0.6) is 0 Å². The van der Waals surface area contributed by atoms with Crippen LogP contribution in [0.2, 0.25) is 0 Å². The number of hydrogen-bond acceptors (Lipinski definition) is 5. The van der Waals surface area contributed by atoms with E-state index in [4.69, 9.17) is 5.14 Å². The summed E-state index contributed by atoms with van der Waals surface area (Å²) in [5.41, 5.74) is 4.60. The number of aryl methyl sites for hydroxylation is 1. The molecule has 0 radical (unpaired) electrons. The average Bonchev–Trinajstić information content (AvgIpc) is 3.24. The molecule has 29 heavy (non-hydrogen) atoms. The second-order valence-electron chi connectivity index (χ2n) is 7.41. The van der Waals surface area contributed by atoms with Gasteiger partial charge in [-0.3, -0.25) is 9.69 Å². The van der Waals surface area contributed by atoms with Crippen LogP contribution in [0.15, 0.2) is 46.7 Å². The van der Waals surface area contributed by atoms with Gasteiger partial charge in [-0.15, -0.1) is 11.3 Å². The number of benzene rings is 1. The van der Waals surface area contributed by atoms with E-state index in [0.717, 1.165) is 36.6 Å². The molecule has 2 N–H and O–H groups in total. The Bertz CT molecular complexity index is 1170. The molecule has 0 fully saturated rings. The van der Waals surface area contributed by atoms with Gasteiger partial charge < -0.3 is 4.57 Å². The molecule has 3 heterocycles. The lowest BCUT2D eigenvalue weighted by atomic mass is 10.1. The highest BCUT2D eigenvalue weighted by Crippen LogP contribution is 2.26. The summed E-state index contributed by atoms with van der Waals surface area (Å²) in [5, 5.41) is 7.29. The van der Waals surface area contributed by atoms with E-state index in [1.807, 2.05) is 24.5 Å². The molecule has 3 aromatic rings. The van der Waals surface area contributed by atoms with Crippen molar-refractivity contribution in [1.29, 1.82) is 0 Å². The Kier molecular flexibility index (Phi) is 5.20. The molecule has 1 aliphatic rings. The van der Waals surface area contributed by atoms with Crippen molar-refractivity contribution in [3.63, 3.8) is 0 Å². The first-order valence-corrected chi connectivity index (χ1v) is 11.8. The minimum absolute atomic E-state index is 0.0675. The van der Waals surface area contributed by atoms with Crippen molar-refractivity contribution in [2.45, 2.75) is 31.7 Å². The topological polar surface area (TPSA) is 85.4 Å². The number of Topliss-reactive ketones (excluding diaryl/α,β-unsaturated/α-hetero) is 1. The summed E-state index contributed by atoms with van der Waals surface area (Å²) < 4.78 is 24.9. The molecule has 2 aromatic heterocycles. The maximum atomic E-state index is 13.0. The van der Waals surface area contributed by atoms with Crippen LogP contribution < -0.4 is 5.14 Å². The van der Waals surface area contributed by atoms with Crippen LogP contribution in [0.4, 0.5) is 0 Å². The molecule has 1 aromatic carbocycles.